The molecule has 0 heterocycles. The summed E-state index contributed by atoms with van der Waals surface area (Å²) in [4.78, 5) is 0. The number of rotatable bonds is 4. The fraction of sp³-hybridized carbons (Fsp3) is 0.867. The number of aliphatic hydroxyl groups excluding tert-OH is 1. The summed E-state index contributed by atoms with van der Waals surface area (Å²) in [7, 11) is 0. The molecule has 4 aliphatic rings. The fourth-order valence-electron chi connectivity index (χ4n) is 5.19. The highest BCUT2D eigenvalue weighted by atomic mass is 16.3. The first-order valence-corrected chi connectivity index (χ1v) is 6.80. The van der Waals surface area contributed by atoms with E-state index in [9.17, 15) is 0 Å². The normalized spacial score (nSPS) is 53.5. The van der Waals surface area contributed by atoms with Gasteiger partial charge in [0.1, 0.15) is 0 Å². The van der Waals surface area contributed by atoms with Crippen LogP contribution in [-0.4, -0.2) is 11.7 Å². The van der Waals surface area contributed by atoms with E-state index < -0.39 is 0 Å². The lowest BCUT2D eigenvalue weighted by atomic mass is 9.71. The molecule has 4 rings (SSSR count). The maximum atomic E-state index is 8.99. The number of aliphatic hydroxyl groups is 1. The first-order chi connectivity index (χ1) is 7.54. The smallest absolute Gasteiger partial charge is 0.0639 e. The summed E-state index contributed by atoms with van der Waals surface area (Å²) in [6, 6.07) is 0. The minimum absolute atomic E-state index is 0.225. The molecule has 4 bridgehead atoms. The standard InChI is InChI=1S/C15H24O/c1-10(9-16)5-4-6-14(2)11-7-12-13(8-11)15(12,14)3/h5,11-13,16H,4,6-9H2,1-3H3/b10-5-/t11-,12?,13?,14-,15+/m1/s1. The lowest BCUT2D eigenvalue weighted by Gasteiger charge is -2.34. The summed E-state index contributed by atoms with van der Waals surface area (Å²) in [5.41, 5.74) is 2.43. The van der Waals surface area contributed by atoms with Crippen molar-refractivity contribution in [2.45, 2.75) is 46.5 Å². The molecule has 1 N–H and O–H groups in total. The molecule has 1 heteroatoms. The minimum Gasteiger partial charge on any atom is -0.392 e. The van der Waals surface area contributed by atoms with Gasteiger partial charge in [0.25, 0.3) is 0 Å². The second-order valence-electron chi connectivity index (χ2n) is 6.83. The van der Waals surface area contributed by atoms with Crippen molar-refractivity contribution in [1.82, 2.24) is 0 Å². The molecule has 0 saturated heterocycles. The van der Waals surface area contributed by atoms with Crippen LogP contribution in [0, 0.1) is 28.6 Å². The zero-order valence-corrected chi connectivity index (χ0v) is 10.8. The number of hydrogen-bond acceptors (Lipinski definition) is 1. The van der Waals surface area contributed by atoms with Crippen molar-refractivity contribution < 1.29 is 5.11 Å². The van der Waals surface area contributed by atoms with Crippen LogP contribution in [0.25, 0.3) is 0 Å². The van der Waals surface area contributed by atoms with Crippen LogP contribution in [0.5, 0.6) is 0 Å². The van der Waals surface area contributed by atoms with E-state index in [0.29, 0.717) is 10.8 Å². The number of allylic oxidation sites excluding steroid dienone is 1. The zero-order chi connectivity index (χ0) is 11.6. The summed E-state index contributed by atoms with van der Waals surface area (Å²) < 4.78 is 0. The van der Waals surface area contributed by atoms with Crippen LogP contribution < -0.4 is 0 Å². The lowest BCUT2D eigenvalue weighted by Crippen LogP contribution is -2.26. The van der Waals surface area contributed by atoms with Crippen molar-refractivity contribution in [3.63, 3.8) is 0 Å². The first-order valence-electron chi connectivity index (χ1n) is 6.80. The topological polar surface area (TPSA) is 20.2 Å². The van der Waals surface area contributed by atoms with Gasteiger partial charge in [-0.3, -0.25) is 0 Å². The third-order valence-corrected chi connectivity index (χ3v) is 6.53. The van der Waals surface area contributed by atoms with Crippen molar-refractivity contribution in [3.05, 3.63) is 11.6 Å². The van der Waals surface area contributed by atoms with Gasteiger partial charge in [-0.1, -0.05) is 25.5 Å². The quantitative estimate of drug-likeness (QED) is 0.720. The molecule has 4 aliphatic carbocycles. The van der Waals surface area contributed by atoms with Crippen LogP contribution >= 0.6 is 0 Å². The Morgan fingerprint density at radius 2 is 1.94 bits per heavy atom. The molecule has 0 aromatic rings. The maximum Gasteiger partial charge on any atom is 0.0639 e. The molecular formula is C15H24O. The predicted molar refractivity (Wildman–Crippen MR) is 66.0 cm³/mol. The van der Waals surface area contributed by atoms with Gasteiger partial charge in [0.15, 0.2) is 0 Å². The average Bonchev–Trinajstić information content (AvgIpc) is 2.62. The Bertz CT molecular complexity index is 331. The van der Waals surface area contributed by atoms with Gasteiger partial charge in [0, 0.05) is 0 Å². The van der Waals surface area contributed by atoms with Crippen molar-refractivity contribution in [1.29, 1.82) is 0 Å². The molecule has 3 atom stereocenters. The van der Waals surface area contributed by atoms with E-state index in [1.54, 1.807) is 0 Å². The Hall–Kier alpha value is -0.300. The molecular weight excluding hydrogens is 196 g/mol. The zero-order valence-electron chi connectivity index (χ0n) is 10.8. The van der Waals surface area contributed by atoms with Gasteiger partial charge in [0.2, 0.25) is 0 Å². The Balaban J connectivity index is 1.68. The monoisotopic (exact) mass is 220 g/mol. The average molecular weight is 220 g/mol. The van der Waals surface area contributed by atoms with Crippen molar-refractivity contribution in [2.75, 3.05) is 6.61 Å². The largest absolute Gasteiger partial charge is 0.392 e. The Morgan fingerprint density at radius 1 is 1.31 bits per heavy atom. The van der Waals surface area contributed by atoms with Gasteiger partial charge < -0.3 is 5.11 Å². The summed E-state index contributed by atoms with van der Waals surface area (Å²) in [5.74, 6) is 3.16. The summed E-state index contributed by atoms with van der Waals surface area (Å²) in [6.45, 7) is 7.33. The van der Waals surface area contributed by atoms with E-state index in [2.05, 4.69) is 19.9 Å². The van der Waals surface area contributed by atoms with E-state index in [0.717, 1.165) is 29.7 Å². The summed E-state index contributed by atoms with van der Waals surface area (Å²) in [5, 5.41) is 8.99. The molecule has 0 spiro atoms. The van der Waals surface area contributed by atoms with E-state index in [4.69, 9.17) is 5.11 Å². The van der Waals surface area contributed by atoms with Crippen LogP contribution in [0.3, 0.4) is 0 Å². The SMILES string of the molecule is C/C(=C/CC[C@]1(C)[C@H]2CC3C(C2)[C@@]31C)CO. The summed E-state index contributed by atoms with van der Waals surface area (Å²) in [6.07, 6.45) is 7.76. The van der Waals surface area contributed by atoms with Crippen LogP contribution in [0.2, 0.25) is 0 Å². The molecule has 16 heavy (non-hydrogen) atoms. The number of hydrogen-bond donors (Lipinski definition) is 1. The van der Waals surface area contributed by atoms with Gasteiger partial charge in [0.05, 0.1) is 6.61 Å². The van der Waals surface area contributed by atoms with E-state index in [-0.39, 0.29) is 6.61 Å². The molecule has 4 fully saturated rings. The van der Waals surface area contributed by atoms with Crippen LogP contribution in [0.1, 0.15) is 46.5 Å². The molecule has 0 aliphatic heterocycles. The van der Waals surface area contributed by atoms with Gasteiger partial charge in [-0.2, -0.15) is 0 Å². The third kappa shape index (κ3) is 1.06. The molecule has 4 saturated carbocycles. The first kappa shape index (κ1) is 10.8. The lowest BCUT2D eigenvalue weighted by molar-refractivity contribution is 0.154. The Morgan fingerprint density at radius 3 is 2.38 bits per heavy atom. The highest BCUT2D eigenvalue weighted by Gasteiger charge is 2.80. The second kappa shape index (κ2) is 3.13. The summed E-state index contributed by atoms with van der Waals surface area (Å²) >= 11 is 0. The Kier molecular flexibility index (Phi) is 2.12. The van der Waals surface area contributed by atoms with E-state index in [1.165, 1.54) is 19.3 Å². The van der Waals surface area contributed by atoms with Gasteiger partial charge in [-0.05, 0) is 61.2 Å². The highest BCUT2D eigenvalue weighted by molar-refractivity contribution is 5.29. The molecule has 90 valence electrons. The molecule has 0 aromatic heterocycles. The second-order valence-corrected chi connectivity index (χ2v) is 6.83. The highest BCUT2D eigenvalue weighted by Crippen LogP contribution is 2.87. The maximum absolute atomic E-state index is 8.99. The molecule has 2 unspecified atom stereocenters. The van der Waals surface area contributed by atoms with Crippen LogP contribution in [-0.2, 0) is 0 Å². The predicted octanol–water partition coefficient (Wildman–Crippen LogP) is 3.39. The fourth-order valence-corrected chi connectivity index (χ4v) is 5.19. The van der Waals surface area contributed by atoms with Gasteiger partial charge >= 0.3 is 0 Å². The molecule has 0 amide bonds. The van der Waals surface area contributed by atoms with Gasteiger partial charge in [-0.15, -0.1) is 0 Å². The molecule has 1 nitrogen and oxygen atoms in total. The Labute approximate surface area is 98.9 Å². The van der Waals surface area contributed by atoms with E-state index >= 15 is 0 Å². The minimum atomic E-state index is 0.225. The van der Waals surface area contributed by atoms with Crippen molar-refractivity contribution in [2.24, 2.45) is 28.6 Å². The van der Waals surface area contributed by atoms with Crippen LogP contribution in [0.4, 0.5) is 0 Å². The molecule has 0 radical (unpaired) electrons. The van der Waals surface area contributed by atoms with E-state index in [1.807, 2.05) is 6.92 Å². The van der Waals surface area contributed by atoms with Crippen molar-refractivity contribution in [3.8, 4) is 0 Å². The van der Waals surface area contributed by atoms with Gasteiger partial charge in [-0.25, -0.2) is 0 Å². The van der Waals surface area contributed by atoms with Crippen LogP contribution in [0.15, 0.2) is 11.6 Å². The third-order valence-electron chi connectivity index (χ3n) is 6.53. The molecule has 0 aromatic carbocycles. The van der Waals surface area contributed by atoms with Crippen molar-refractivity contribution >= 4 is 0 Å².